The van der Waals surface area contributed by atoms with Gasteiger partial charge in [0.25, 0.3) is 0 Å². The number of aromatic nitrogens is 2. The highest BCUT2D eigenvalue weighted by Crippen LogP contribution is 2.36. The third-order valence-corrected chi connectivity index (χ3v) is 5.88. The average molecular weight is 459 g/mol. The molecule has 0 saturated heterocycles. The summed E-state index contributed by atoms with van der Waals surface area (Å²) in [6.45, 7) is 0.528. The molecule has 0 fully saturated rings. The lowest BCUT2D eigenvalue weighted by atomic mass is 10.0. The third kappa shape index (κ3) is 4.64. The largest absolute Gasteiger partial charge is 0.505 e. The lowest BCUT2D eigenvalue weighted by Gasteiger charge is -2.09. The number of aromatic hydroxyl groups is 1. The highest BCUT2D eigenvalue weighted by molar-refractivity contribution is 7.09. The van der Waals surface area contributed by atoms with Crippen molar-refractivity contribution >= 4 is 57.4 Å². The minimum Gasteiger partial charge on any atom is -0.505 e. The van der Waals surface area contributed by atoms with Crippen LogP contribution in [-0.4, -0.2) is 27.7 Å². The van der Waals surface area contributed by atoms with Gasteiger partial charge in [0.1, 0.15) is 0 Å². The number of hydrogen-bond acceptors (Lipinski definition) is 5. The topological polar surface area (TPSA) is 87.1 Å². The first-order chi connectivity index (χ1) is 14.5. The second-order valence-corrected chi connectivity index (χ2v) is 8.30. The van der Waals surface area contributed by atoms with Crippen molar-refractivity contribution in [2.24, 2.45) is 0 Å². The third-order valence-electron chi connectivity index (χ3n) is 4.37. The molecule has 0 atom stereocenters. The van der Waals surface area contributed by atoms with E-state index in [1.54, 1.807) is 23.5 Å². The summed E-state index contributed by atoms with van der Waals surface area (Å²) >= 11 is 13.7. The maximum atomic E-state index is 12.1. The summed E-state index contributed by atoms with van der Waals surface area (Å²) < 4.78 is 0. The highest BCUT2D eigenvalue weighted by Gasteiger charge is 2.10. The Bertz CT molecular complexity index is 1190. The van der Waals surface area contributed by atoms with E-state index in [-0.39, 0.29) is 21.8 Å². The maximum absolute atomic E-state index is 12.1. The Kier molecular flexibility index (Phi) is 6.03. The number of halogens is 2. The molecule has 0 bridgehead atoms. The number of thiophene rings is 1. The number of amides is 2. The van der Waals surface area contributed by atoms with Crippen molar-refractivity contribution in [3.63, 3.8) is 0 Å². The molecule has 0 unspecified atom stereocenters. The fourth-order valence-electron chi connectivity index (χ4n) is 2.90. The van der Waals surface area contributed by atoms with Crippen LogP contribution in [-0.2, 0) is 6.42 Å². The van der Waals surface area contributed by atoms with Gasteiger partial charge in [-0.25, -0.2) is 9.78 Å². The standard InChI is InChI=1S/C21H16Cl2N4O2S/c22-15-8-13(9-16(23)20(15)28)12-3-4-17-18(10-12)26-19(11-25-17)27-21(29)24-6-5-14-2-1-7-30-14/h1-4,7-11,28H,5-6H2,(H2,24,26,27,29). The first-order valence-electron chi connectivity index (χ1n) is 9.02. The second kappa shape index (κ2) is 8.87. The number of carbonyl (C=O) groups excluding carboxylic acids is 1. The van der Waals surface area contributed by atoms with Gasteiger partial charge in [-0.2, -0.15) is 0 Å². The summed E-state index contributed by atoms with van der Waals surface area (Å²) in [5.74, 6) is 0.189. The molecule has 2 heterocycles. The molecule has 9 heteroatoms. The average Bonchev–Trinajstić information content (AvgIpc) is 3.24. The number of benzene rings is 2. The Morgan fingerprint density at radius 2 is 1.87 bits per heavy atom. The number of anilines is 1. The Balaban J connectivity index is 1.49. The molecule has 2 aromatic carbocycles. The fourth-order valence-corrected chi connectivity index (χ4v) is 4.09. The van der Waals surface area contributed by atoms with Gasteiger partial charge in [-0.3, -0.25) is 10.3 Å². The Labute approximate surface area is 186 Å². The van der Waals surface area contributed by atoms with Gasteiger partial charge in [-0.1, -0.05) is 35.3 Å². The molecule has 3 N–H and O–H groups in total. The van der Waals surface area contributed by atoms with Crippen LogP contribution in [0.15, 0.2) is 54.0 Å². The van der Waals surface area contributed by atoms with Gasteiger partial charge in [-0.15, -0.1) is 11.3 Å². The summed E-state index contributed by atoms with van der Waals surface area (Å²) in [6, 6.07) is 12.4. The van der Waals surface area contributed by atoms with E-state index in [9.17, 15) is 9.90 Å². The molecule has 6 nitrogen and oxygen atoms in total. The first-order valence-corrected chi connectivity index (χ1v) is 10.7. The molecule has 4 aromatic rings. The minimum atomic E-state index is -0.339. The number of rotatable bonds is 5. The monoisotopic (exact) mass is 458 g/mol. The molecule has 0 radical (unpaired) electrons. The molecule has 0 aliphatic heterocycles. The van der Waals surface area contributed by atoms with Crippen molar-refractivity contribution in [2.45, 2.75) is 6.42 Å². The zero-order valence-electron chi connectivity index (χ0n) is 15.5. The molecule has 0 spiro atoms. The number of urea groups is 1. The molecule has 152 valence electrons. The van der Waals surface area contributed by atoms with Crippen LogP contribution < -0.4 is 10.6 Å². The molecule has 4 rings (SSSR count). The smallest absolute Gasteiger partial charge is 0.320 e. The number of phenols is 1. The summed E-state index contributed by atoms with van der Waals surface area (Å²) in [5, 5.41) is 17.6. The highest BCUT2D eigenvalue weighted by atomic mass is 35.5. The molecule has 0 saturated carbocycles. The Morgan fingerprint density at radius 1 is 1.07 bits per heavy atom. The van der Waals surface area contributed by atoms with Crippen LogP contribution in [0, 0.1) is 0 Å². The van der Waals surface area contributed by atoms with Crippen LogP contribution in [0.2, 0.25) is 10.0 Å². The predicted molar refractivity (Wildman–Crippen MR) is 122 cm³/mol. The molecule has 0 aliphatic rings. The molecular formula is C21H16Cl2N4O2S. The molecule has 0 aliphatic carbocycles. The van der Waals surface area contributed by atoms with E-state index in [1.165, 1.54) is 11.1 Å². The van der Waals surface area contributed by atoms with Crippen LogP contribution in [0.5, 0.6) is 5.75 Å². The van der Waals surface area contributed by atoms with Crippen molar-refractivity contribution < 1.29 is 9.90 Å². The number of carbonyl (C=O) groups is 1. The van der Waals surface area contributed by atoms with Crippen molar-refractivity contribution in [3.8, 4) is 16.9 Å². The molecule has 2 aromatic heterocycles. The summed E-state index contributed by atoms with van der Waals surface area (Å²) in [4.78, 5) is 22.2. The van der Waals surface area contributed by atoms with Gasteiger partial charge < -0.3 is 10.4 Å². The second-order valence-electron chi connectivity index (χ2n) is 6.46. The predicted octanol–water partition coefficient (Wildman–Crippen LogP) is 5.73. The van der Waals surface area contributed by atoms with Crippen LogP contribution in [0.3, 0.4) is 0 Å². The normalized spacial score (nSPS) is 10.9. The number of hydrogen-bond donors (Lipinski definition) is 3. The van der Waals surface area contributed by atoms with Gasteiger partial charge >= 0.3 is 6.03 Å². The number of phenolic OH excluding ortho intramolecular Hbond substituents is 1. The van der Waals surface area contributed by atoms with E-state index < -0.39 is 0 Å². The van der Waals surface area contributed by atoms with E-state index >= 15 is 0 Å². The van der Waals surface area contributed by atoms with Gasteiger partial charge in [0.05, 0.1) is 27.3 Å². The lowest BCUT2D eigenvalue weighted by Crippen LogP contribution is -2.30. The van der Waals surface area contributed by atoms with E-state index in [2.05, 4.69) is 20.6 Å². The summed E-state index contributed by atoms with van der Waals surface area (Å²) in [5.41, 5.74) is 2.82. The van der Waals surface area contributed by atoms with Crippen LogP contribution in [0.25, 0.3) is 22.2 Å². The summed E-state index contributed by atoms with van der Waals surface area (Å²) in [6.07, 6.45) is 2.28. The number of nitrogens with one attached hydrogen (secondary N) is 2. The van der Waals surface area contributed by atoms with Crippen molar-refractivity contribution in [1.82, 2.24) is 15.3 Å². The van der Waals surface area contributed by atoms with Crippen molar-refractivity contribution in [1.29, 1.82) is 0 Å². The van der Waals surface area contributed by atoms with Gasteiger partial charge in [0, 0.05) is 11.4 Å². The first kappa shape index (κ1) is 20.4. The van der Waals surface area contributed by atoms with E-state index in [0.717, 1.165) is 17.5 Å². The SMILES string of the molecule is O=C(NCCc1cccs1)Nc1cnc2ccc(-c3cc(Cl)c(O)c(Cl)c3)cc2n1. The van der Waals surface area contributed by atoms with Crippen LogP contribution in [0.4, 0.5) is 10.6 Å². The van der Waals surface area contributed by atoms with Crippen molar-refractivity contribution in [3.05, 3.63) is 69.0 Å². The van der Waals surface area contributed by atoms with E-state index in [1.807, 2.05) is 35.7 Å². The van der Waals surface area contributed by atoms with Crippen molar-refractivity contribution in [2.75, 3.05) is 11.9 Å². The molecular weight excluding hydrogens is 443 g/mol. The Morgan fingerprint density at radius 3 is 2.60 bits per heavy atom. The van der Waals surface area contributed by atoms with Gasteiger partial charge in [0.2, 0.25) is 0 Å². The zero-order valence-corrected chi connectivity index (χ0v) is 17.9. The minimum absolute atomic E-state index is 0.153. The Hall–Kier alpha value is -2.87. The quantitative estimate of drug-likeness (QED) is 0.356. The zero-order chi connectivity index (χ0) is 21.1. The van der Waals surface area contributed by atoms with Gasteiger partial charge in [-0.05, 0) is 53.3 Å². The van der Waals surface area contributed by atoms with Crippen LogP contribution in [0.1, 0.15) is 4.88 Å². The van der Waals surface area contributed by atoms with Crippen LogP contribution >= 0.6 is 34.5 Å². The number of nitrogens with zero attached hydrogens (tertiary/aromatic N) is 2. The van der Waals surface area contributed by atoms with E-state index in [4.69, 9.17) is 23.2 Å². The maximum Gasteiger partial charge on any atom is 0.320 e. The number of fused-ring (bicyclic) bond motifs is 1. The lowest BCUT2D eigenvalue weighted by molar-refractivity contribution is 0.252. The summed E-state index contributed by atoms with van der Waals surface area (Å²) in [7, 11) is 0. The van der Waals surface area contributed by atoms with E-state index in [0.29, 0.717) is 23.4 Å². The molecule has 2 amide bonds. The molecule has 30 heavy (non-hydrogen) atoms. The fraction of sp³-hybridized carbons (Fsp3) is 0.0952. The van der Waals surface area contributed by atoms with Gasteiger partial charge in [0.15, 0.2) is 11.6 Å².